The zero-order valence-corrected chi connectivity index (χ0v) is 28.4. The molecule has 2 aromatic rings. The van der Waals surface area contributed by atoms with Crippen molar-refractivity contribution < 1.29 is 43.5 Å². The molecule has 262 valence electrons. The lowest BCUT2D eigenvalue weighted by Crippen LogP contribution is -2.45. The van der Waals surface area contributed by atoms with E-state index >= 15 is 0 Å². The molecule has 0 spiro atoms. The van der Waals surface area contributed by atoms with Crippen LogP contribution in [0, 0.1) is 11.8 Å². The Bertz CT molecular complexity index is 1590. The highest BCUT2D eigenvalue weighted by atomic mass is 16.8. The first-order valence-electron chi connectivity index (χ1n) is 17.4. The van der Waals surface area contributed by atoms with Crippen LogP contribution in [0.1, 0.15) is 87.2 Å². The van der Waals surface area contributed by atoms with Gasteiger partial charge in [0.1, 0.15) is 29.7 Å². The van der Waals surface area contributed by atoms with Crippen LogP contribution in [-0.4, -0.2) is 70.4 Å². The van der Waals surface area contributed by atoms with Crippen molar-refractivity contribution in [2.24, 2.45) is 11.8 Å². The normalized spacial score (nSPS) is 23.8. The molecule has 4 atom stereocenters. The summed E-state index contributed by atoms with van der Waals surface area (Å²) in [6.07, 6.45) is 8.38. The van der Waals surface area contributed by atoms with Gasteiger partial charge in [-0.3, -0.25) is 9.59 Å². The van der Waals surface area contributed by atoms with E-state index in [9.17, 15) is 24.6 Å². The molecule has 2 saturated carbocycles. The van der Waals surface area contributed by atoms with Gasteiger partial charge < -0.3 is 34.5 Å². The lowest BCUT2D eigenvalue weighted by Gasteiger charge is -2.31. The number of esters is 2. The standard InChI is InChI=1S/C39H47NO9/c1-38(2,3)48-34(43)20-19-29(23-41)40-36(44)26-21-32(35-33(22-26)47-39(49-35,27-15-16-27)28-17-18-28)46-37(45)30-13-6-4-9-24(30)11-8-12-25-10-5-7-14-31(25)42/h4-11,13-14,22,27-29,32-33,35,41-42H,12,15-21,23H2,1-3H3,(H,40,44). The maximum Gasteiger partial charge on any atom is 0.339 e. The molecule has 0 aromatic heterocycles. The summed E-state index contributed by atoms with van der Waals surface area (Å²) in [5.74, 6) is -1.36. The van der Waals surface area contributed by atoms with E-state index in [-0.39, 0.29) is 43.5 Å². The summed E-state index contributed by atoms with van der Waals surface area (Å²) in [6, 6.07) is 13.6. The topological polar surface area (TPSA) is 141 Å². The number of allylic oxidation sites excluding steroid dienone is 1. The molecule has 3 fully saturated rings. The number of hydrogen-bond acceptors (Lipinski definition) is 9. The van der Waals surface area contributed by atoms with Crippen LogP contribution in [0.2, 0.25) is 0 Å². The van der Waals surface area contributed by atoms with E-state index in [4.69, 9.17) is 18.9 Å². The molecule has 2 aromatic carbocycles. The summed E-state index contributed by atoms with van der Waals surface area (Å²) in [4.78, 5) is 39.7. The summed E-state index contributed by atoms with van der Waals surface area (Å²) >= 11 is 0. The van der Waals surface area contributed by atoms with Gasteiger partial charge in [0.15, 0.2) is 5.79 Å². The van der Waals surface area contributed by atoms with E-state index in [2.05, 4.69) is 5.32 Å². The first-order chi connectivity index (χ1) is 23.5. The molecule has 10 nitrogen and oxygen atoms in total. The largest absolute Gasteiger partial charge is 0.508 e. The number of para-hydroxylation sites is 1. The van der Waals surface area contributed by atoms with Gasteiger partial charge in [-0.15, -0.1) is 0 Å². The Kier molecular flexibility index (Phi) is 10.3. The predicted molar refractivity (Wildman–Crippen MR) is 181 cm³/mol. The number of phenols is 1. The summed E-state index contributed by atoms with van der Waals surface area (Å²) in [5.41, 5.74) is 1.54. The average Bonchev–Trinajstić information content (AvgIpc) is 4.00. The highest BCUT2D eigenvalue weighted by molar-refractivity contribution is 5.95. The smallest absolute Gasteiger partial charge is 0.339 e. The molecule has 10 heteroatoms. The average molecular weight is 674 g/mol. The van der Waals surface area contributed by atoms with Crippen molar-refractivity contribution in [1.29, 1.82) is 0 Å². The second kappa shape index (κ2) is 14.5. The zero-order valence-electron chi connectivity index (χ0n) is 28.4. The molecule has 3 aliphatic carbocycles. The Labute approximate surface area is 287 Å². The number of aromatic hydroxyl groups is 1. The lowest BCUT2D eigenvalue weighted by atomic mass is 9.91. The number of benzene rings is 2. The number of hydrogen-bond donors (Lipinski definition) is 3. The molecule has 0 radical (unpaired) electrons. The summed E-state index contributed by atoms with van der Waals surface area (Å²) in [6.45, 7) is 5.00. The van der Waals surface area contributed by atoms with Gasteiger partial charge in [0.05, 0.1) is 18.2 Å². The molecule has 1 aliphatic heterocycles. The van der Waals surface area contributed by atoms with Gasteiger partial charge in [0.25, 0.3) is 0 Å². The van der Waals surface area contributed by atoms with Crippen LogP contribution in [0.15, 0.2) is 66.3 Å². The van der Waals surface area contributed by atoms with E-state index in [0.717, 1.165) is 31.2 Å². The van der Waals surface area contributed by atoms with Crippen molar-refractivity contribution in [2.45, 2.75) is 108 Å². The Hall–Kier alpha value is -3.99. The maximum absolute atomic E-state index is 13.8. The fraction of sp³-hybridized carbons (Fsp3) is 0.513. The Morgan fingerprint density at radius 3 is 2.39 bits per heavy atom. The number of carbonyl (C=O) groups excluding carboxylic acids is 3. The number of ether oxygens (including phenoxy) is 4. The van der Waals surface area contributed by atoms with Crippen LogP contribution >= 0.6 is 0 Å². The molecular formula is C39H47NO9. The molecule has 3 N–H and O–H groups in total. The van der Waals surface area contributed by atoms with Crippen molar-refractivity contribution in [3.8, 4) is 5.75 Å². The van der Waals surface area contributed by atoms with Gasteiger partial charge in [-0.2, -0.15) is 0 Å². The Morgan fingerprint density at radius 1 is 1.02 bits per heavy atom. The van der Waals surface area contributed by atoms with E-state index in [1.807, 2.05) is 36.4 Å². The number of fused-ring (bicyclic) bond motifs is 1. The number of rotatable bonds is 13. The van der Waals surface area contributed by atoms with Crippen molar-refractivity contribution in [3.63, 3.8) is 0 Å². The number of phenolic OH excluding ortho intramolecular Hbond substituents is 1. The van der Waals surface area contributed by atoms with Crippen LogP contribution in [0.4, 0.5) is 0 Å². The maximum atomic E-state index is 13.8. The third kappa shape index (κ3) is 8.43. The number of nitrogens with one attached hydrogen (secondary N) is 1. The molecule has 6 rings (SSSR count). The van der Waals surface area contributed by atoms with Crippen LogP contribution < -0.4 is 5.32 Å². The fourth-order valence-corrected chi connectivity index (χ4v) is 6.77. The first kappa shape index (κ1) is 34.9. The van der Waals surface area contributed by atoms with Crippen molar-refractivity contribution in [1.82, 2.24) is 5.32 Å². The second-order valence-electron chi connectivity index (χ2n) is 14.6. The quantitative estimate of drug-likeness (QED) is 0.238. The molecule has 1 amide bonds. The highest BCUT2D eigenvalue weighted by Crippen LogP contribution is 2.59. The van der Waals surface area contributed by atoms with E-state index < -0.39 is 53.6 Å². The molecular weight excluding hydrogens is 626 g/mol. The second-order valence-corrected chi connectivity index (χ2v) is 14.6. The van der Waals surface area contributed by atoms with E-state index in [0.29, 0.717) is 23.1 Å². The minimum Gasteiger partial charge on any atom is -0.508 e. The van der Waals surface area contributed by atoms with E-state index in [1.54, 1.807) is 51.1 Å². The molecule has 4 aliphatic rings. The van der Waals surface area contributed by atoms with Gasteiger partial charge in [-0.25, -0.2) is 4.79 Å². The minimum atomic E-state index is -0.796. The summed E-state index contributed by atoms with van der Waals surface area (Å²) in [5, 5.41) is 23.0. The minimum absolute atomic E-state index is 0.0371. The molecule has 1 heterocycles. The number of aliphatic hydroxyl groups is 1. The van der Waals surface area contributed by atoms with Crippen LogP contribution in [0.5, 0.6) is 5.75 Å². The van der Waals surface area contributed by atoms with Crippen LogP contribution in [0.25, 0.3) is 6.08 Å². The fourth-order valence-electron chi connectivity index (χ4n) is 6.77. The molecule has 49 heavy (non-hydrogen) atoms. The summed E-state index contributed by atoms with van der Waals surface area (Å²) in [7, 11) is 0. The van der Waals surface area contributed by atoms with Gasteiger partial charge in [-0.05, 0) is 88.6 Å². The van der Waals surface area contributed by atoms with Gasteiger partial charge in [0, 0.05) is 30.3 Å². The molecule has 4 unspecified atom stereocenters. The monoisotopic (exact) mass is 673 g/mol. The third-order valence-corrected chi connectivity index (χ3v) is 9.44. The first-order valence-corrected chi connectivity index (χ1v) is 17.4. The predicted octanol–water partition coefficient (Wildman–Crippen LogP) is 5.40. The van der Waals surface area contributed by atoms with Crippen LogP contribution in [-0.2, 0) is 35.0 Å². The van der Waals surface area contributed by atoms with Crippen molar-refractivity contribution in [2.75, 3.05) is 6.61 Å². The summed E-state index contributed by atoms with van der Waals surface area (Å²) < 4.78 is 25.0. The van der Waals surface area contributed by atoms with Crippen LogP contribution in [0.3, 0.4) is 0 Å². The van der Waals surface area contributed by atoms with Gasteiger partial charge in [-0.1, -0.05) is 48.6 Å². The number of aliphatic hydroxyl groups excluding tert-OH is 1. The SMILES string of the molecule is CC(C)(C)OC(=O)CCC(CO)NC(=O)C1=CC2OC(C3CC3)(C3CC3)OC2C(OC(=O)c2ccccc2C=CCc2ccccc2O)C1. The lowest BCUT2D eigenvalue weighted by molar-refractivity contribution is -0.209. The number of amides is 1. The number of carbonyl (C=O) groups is 3. The van der Waals surface area contributed by atoms with Gasteiger partial charge >= 0.3 is 11.9 Å². The van der Waals surface area contributed by atoms with Crippen molar-refractivity contribution in [3.05, 3.63) is 82.9 Å². The zero-order chi connectivity index (χ0) is 34.8. The Balaban J connectivity index is 1.18. The molecule has 0 bridgehead atoms. The third-order valence-electron chi connectivity index (χ3n) is 9.44. The van der Waals surface area contributed by atoms with Gasteiger partial charge in [0.2, 0.25) is 5.91 Å². The highest BCUT2D eigenvalue weighted by Gasteiger charge is 2.64. The van der Waals surface area contributed by atoms with E-state index in [1.165, 1.54) is 0 Å². The Morgan fingerprint density at radius 2 is 1.71 bits per heavy atom. The van der Waals surface area contributed by atoms with Crippen molar-refractivity contribution >= 4 is 23.9 Å². The molecule has 1 saturated heterocycles.